The highest BCUT2D eigenvalue weighted by Crippen LogP contribution is 2.59. The molecule has 0 spiro atoms. The second-order valence-electron chi connectivity index (χ2n) is 8.18. The summed E-state index contributed by atoms with van der Waals surface area (Å²) in [6.07, 6.45) is -3.80. The molecule has 0 saturated carbocycles. The maximum atomic E-state index is 14.5. The molecule has 1 fully saturated rings. The topological polar surface area (TPSA) is 75.4 Å². The van der Waals surface area contributed by atoms with Crippen molar-refractivity contribution in [3.63, 3.8) is 0 Å². The van der Waals surface area contributed by atoms with Gasteiger partial charge in [0.25, 0.3) is 0 Å². The molecule has 1 aromatic carbocycles. The number of ether oxygens (including phenoxy) is 2. The van der Waals surface area contributed by atoms with Crippen LogP contribution in [0, 0.1) is 17.6 Å². The summed E-state index contributed by atoms with van der Waals surface area (Å²) < 4.78 is 81.8. The molecule has 1 aliphatic rings. The van der Waals surface area contributed by atoms with E-state index in [0.29, 0.717) is 4.73 Å². The van der Waals surface area contributed by atoms with E-state index in [1.54, 1.807) is 0 Å². The van der Waals surface area contributed by atoms with Crippen LogP contribution in [-0.2, 0) is 4.74 Å². The minimum Gasteiger partial charge on any atom is -0.493 e. The predicted molar refractivity (Wildman–Crippen MR) is 105 cm³/mol. The van der Waals surface area contributed by atoms with Crippen molar-refractivity contribution in [1.82, 2.24) is 4.98 Å². The van der Waals surface area contributed by atoms with Crippen LogP contribution in [0.15, 0.2) is 41.5 Å². The molecule has 2 aromatic heterocycles. The van der Waals surface area contributed by atoms with E-state index in [1.807, 2.05) is 0 Å². The Morgan fingerprint density at radius 3 is 2.58 bits per heavy atom. The van der Waals surface area contributed by atoms with E-state index in [4.69, 9.17) is 9.47 Å². The zero-order valence-corrected chi connectivity index (χ0v) is 17.7. The SMILES string of the molecule is COc1c([C@H]2[C@H](c3cc(=O)c4c[n+](O)ccc4[nH]3)O[C@@](C)(C(F)(F)F)[C@H]2C)ccc(F)c1F. The second kappa shape index (κ2) is 7.68. The number of aromatic nitrogens is 2. The molecule has 6 nitrogen and oxygen atoms in total. The lowest BCUT2D eigenvalue weighted by molar-refractivity contribution is -0.904. The number of hydrogen-bond donors (Lipinski definition) is 2. The first kappa shape index (κ1) is 23.0. The molecule has 0 unspecified atom stereocenters. The number of rotatable bonds is 3. The van der Waals surface area contributed by atoms with Gasteiger partial charge in [0.2, 0.25) is 18.2 Å². The first-order valence-corrected chi connectivity index (χ1v) is 9.93. The largest absolute Gasteiger partial charge is 0.493 e. The van der Waals surface area contributed by atoms with E-state index < -0.39 is 52.5 Å². The van der Waals surface area contributed by atoms with E-state index >= 15 is 0 Å². The average Bonchev–Trinajstić information content (AvgIpc) is 3.02. The number of hydrogen-bond acceptors (Lipinski definition) is 4. The molecular formula is C22H20F5N2O4+. The van der Waals surface area contributed by atoms with Crippen LogP contribution in [0.4, 0.5) is 22.0 Å². The summed E-state index contributed by atoms with van der Waals surface area (Å²) in [7, 11) is 1.09. The molecule has 0 bridgehead atoms. The van der Waals surface area contributed by atoms with Crippen LogP contribution in [0.1, 0.15) is 37.1 Å². The van der Waals surface area contributed by atoms with Crippen molar-refractivity contribution < 1.29 is 41.4 Å². The van der Waals surface area contributed by atoms with Gasteiger partial charge in [-0.1, -0.05) is 13.0 Å². The fourth-order valence-corrected chi connectivity index (χ4v) is 4.44. The maximum absolute atomic E-state index is 14.5. The number of nitrogens with one attached hydrogen (secondary N) is 1. The van der Waals surface area contributed by atoms with Crippen LogP contribution in [0.2, 0.25) is 0 Å². The van der Waals surface area contributed by atoms with Crippen molar-refractivity contribution in [2.45, 2.75) is 37.6 Å². The fourth-order valence-electron chi connectivity index (χ4n) is 4.44. The number of nitrogens with zero attached hydrogens (tertiary/aromatic N) is 1. The number of benzene rings is 1. The molecule has 4 atom stereocenters. The van der Waals surface area contributed by atoms with Gasteiger partial charge in [-0.15, -0.1) is 0 Å². The van der Waals surface area contributed by atoms with Crippen molar-refractivity contribution in [1.29, 1.82) is 0 Å². The molecule has 3 heterocycles. The Hall–Kier alpha value is -3.21. The molecule has 3 aromatic rings. The second-order valence-corrected chi connectivity index (χ2v) is 8.18. The van der Waals surface area contributed by atoms with E-state index in [-0.39, 0.29) is 22.2 Å². The number of fused-ring (bicyclic) bond motifs is 1. The summed E-state index contributed by atoms with van der Waals surface area (Å²) in [6.45, 7) is 2.18. The molecular weight excluding hydrogens is 451 g/mol. The molecule has 176 valence electrons. The lowest BCUT2D eigenvalue weighted by Crippen LogP contribution is -2.46. The molecule has 2 N–H and O–H groups in total. The van der Waals surface area contributed by atoms with Gasteiger partial charge >= 0.3 is 6.18 Å². The molecule has 33 heavy (non-hydrogen) atoms. The number of pyridine rings is 2. The zero-order chi connectivity index (χ0) is 24.3. The Labute approximate surface area is 184 Å². The summed E-state index contributed by atoms with van der Waals surface area (Å²) in [5.41, 5.74) is -3.00. The summed E-state index contributed by atoms with van der Waals surface area (Å²) >= 11 is 0. The predicted octanol–water partition coefficient (Wildman–Crippen LogP) is 4.15. The third-order valence-corrected chi connectivity index (χ3v) is 6.40. The first-order chi connectivity index (χ1) is 15.4. The van der Waals surface area contributed by atoms with Crippen LogP contribution in [0.25, 0.3) is 10.9 Å². The number of aromatic amines is 1. The van der Waals surface area contributed by atoms with Crippen LogP contribution >= 0.6 is 0 Å². The van der Waals surface area contributed by atoms with Crippen LogP contribution in [0.3, 0.4) is 0 Å². The van der Waals surface area contributed by atoms with Gasteiger partial charge in [0.05, 0.1) is 12.6 Å². The Kier molecular flexibility index (Phi) is 5.35. The lowest BCUT2D eigenvalue weighted by Gasteiger charge is -2.32. The van der Waals surface area contributed by atoms with E-state index in [9.17, 15) is 32.0 Å². The van der Waals surface area contributed by atoms with Gasteiger partial charge in [-0.2, -0.15) is 17.6 Å². The van der Waals surface area contributed by atoms with E-state index in [1.165, 1.54) is 19.2 Å². The van der Waals surface area contributed by atoms with E-state index in [0.717, 1.165) is 38.4 Å². The van der Waals surface area contributed by atoms with Crippen molar-refractivity contribution in [2.24, 2.45) is 5.92 Å². The van der Waals surface area contributed by atoms with Crippen LogP contribution in [0.5, 0.6) is 5.75 Å². The molecule has 11 heteroatoms. The zero-order valence-electron chi connectivity index (χ0n) is 17.7. The summed E-state index contributed by atoms with van der Waals surface area (Å²) in [4.78, 5) is 15.5. The molecule has 1 aliphatic heterocycles. The van der Waals surface area contributed by atoms with Gasteiger partial charge in [0, 0.05) is 40.0 Å². The molecule has 0 amide bonds. The highest BCUT2D eigenvalue weighted by molar-refractivity contribution is 5.76. The van der Waals surface area contributed by atoms with Gasteiger partial charge in [0.15, 0.2) is 22.6 Å². The third kappa shape index (κ3) is 3.50. The Morgan fingerprint density at radius 1 is 1.24 bits per heavy atom. The van der Waals surface area contributed by atoms with Crippen molar-refractivity contribution in [2.75, 3.05) is 7.11 Å². The molecule has 0 radical (unpaired) electrons. The molecule has 4 rings (SSSR count). The Morgan fingerprint density at radius 2 is 1.94 bits per heavy atom. The number of methoxy groups -OCH3 is 1. The minimum absolute atomic E-state index is 0.0137. The normalized spacial score (nSPS) is 25.5. The molecule has 1 saturated heterocycles. The van der Waals surface area contributed by atoms with Crippen LogP contribution in [-0.4, -0.2) is 29.1 Å². The van der Waals surface area contributed by atoms with Gasteiger partial charge in [-0.05, 0) is 13.0 Å². The smallest absolute Gasteiger partial charge is 0.417 e. The molecule has 0 aliphatic carbocycles. The van der Waals surface area contributed by atoms with Gasteiger partial charge in [-0.3, -0.25) is 10.0 Å². The van der Waals surface area contributed by atoms with Gasteiger partial charge in [-0.25, -0.2) is 4.39 Å². The van der Waals surface area contributed by atoms with E-state index in [2.05, 4.69) is 4.98 Å². The number of alkyl halides is 3. The van der Waals surface area contributed by atoms with Gasteiger partial charge < -0.3 is 14.5 Å². The van der Waals surface area contributed by atoms with Crippen molar-refractivity contribution in [3.8, 4) is 5.75 Å². The fraction of sp³-hybridized carbons (Fsp3) is 0.364. The highest BCUT2D eigenvalue weighted by atomic mass is 19.4. The first-order valence-electron chi connectivity index (χ1n) is 9.93. The number of H-pyrrole nitrogens is 1. The lowest BCUT2D eigenvalue weighted by atomic mass is 9.76. The van der Waals surface area contributed by atoms with Gasteiger partial charge in [0.1, 0.15) is 11.5 Å². The Balaban J connectivity index is 1.96. The monoisotopic (exact) mass is 471 g/mol. The summed E-state index contributed by atoms with van der Waals surface area (Å²) in [6, 6.07) is 4.41. The average molecular weight is 471 g/mol. The summed E-state index contributed by atoms with van der Waals surface area (Å²) in [5.74, 6) is -5.50. The Bertz CT molecular complexity index is 1290. The maximum Gasteiger partial charge on any atom is 0.417 e. The third-order valence-electron chi connectivity index (χ3n) is 6.40. The highest BCUT2D eigenvalue weighted by Gasteiger charge is 2.65. The van der Waals surface area contributed by atoms with Crippen molar-refractivity contribution >= 4 is 10.9 Å². The van der Waals surface area contributed by atoms with Crippen LogP contribution < -0.4 is 14.9 Å². The minimum atomic E-state index is -4.80. The van der Waals surface area contributed by atoms with Crippen molar-refractivity contribution in [3.05, 3.63) is 69.8 Å². The standard InChI is InChI=1S/C22H19F5N2O4/c1-10-17(11-4-5-13(23)18(24)19(11)32-3)20(33-21(10,2)22(25,26)27)15-8-16(30)12-9-29(31)7-6-14(12)28-15/h4-10,17,20,31H,1-3H3/p+1/t10-,17-,20-,21+/m0/s1. The quantitative estimate of drug-likeness (QED) is 0.342. The summed E-state index contributed by atoms with van der Waals surface area (Å²) in [5, 5.41) is 9.65. The number of halogens is 5.